The highest BCUT2D eigenvalue weighted by atomic mass is 32.2. The van der Waals surface area contributed by atoms with Crippen LogP contribution in [-0.4, -0.2) is 33.9 Å². The molecule has 0 spiro atoms. The third-order valence-corrected chi connectivity index (χ3v) is 6.21. The van der Waals surface area contributed by atoms with Crippen molar-refractivity contribution in [3.63, 3.8) is 0 Å². The average Bonchev–Trinajstić information content (AvgIpc) is 3.10. The first kappa shape index (κ1) is 19.6. The Morgan fingerprint density at radius 2 is 1.85 bits per heavy atom. The molecular formula is C18H23N5O2S2. The summed E-state index contributed by atoms with van der Waals surface area (Å²) in [6.45, 7) is 1.99. The Kier molecular flexibility index (Phi) is 7.05. The number of urea groups is 1. The summed E-state index contributed by atoms with van der Waals surface area (Å²) in [6, 6.07) is 7.45. The van der Waals surface area contributed by atoms with Crippen molar-refractivity contribution in [1.29, 1.82) is 0 Å². The highest BCUT2D eigenvalue weighted by molar-refractivity contribution is 8.01. The Labute approximate surface area is 166 Å². The van der Waals surface area contributed by atoms with E-state index in [2.05, 4.69) is 26.1 Å². The number of carbonyl (C=O) groups is 2. The van der Waals surface area contributed by atoms with Crippen LogP contribution in [0, 0.1) is 6.92 Å². The molecule has 144 valence electrons. The van der Waals surface area contributed by atoms with Gasteiger partial charge in [0.1, 0.15) is 0 Å². The molecule has 0 unspecified atom stereocenters. The number of hydrogen-bond donors (Lipinski definition) is 3. The van der Waals surface area contributed by atoms with E-state index in [1.165, 1.54) is 42.4 Å². The molecule has 3 amide bonds. The van der Waals surface area contributed by atoms with E-state index in [0.29, 0.717) is 27.0 Å². The van der Waals surface area contributed by atoms with Gasteiger partial charge in [-0.2, -0.15) is 0 Å². The summed E-state index contributed by atoms with van der Waals surface area (Å²) in [4.78, 5) is 24.1. The summed E-state index contributed by atoms with van der Waals surface area (Å²) >= 11 is 2.58. The van der Waals surface area contributed by atoms with Crippen LogP contribution in [0.15, 0.2) is 28.6 Å². The van der Waals surface area contributed by atoms with E-state index in [-0.39, 0.29) is 11.9 Å². The highest BCUT2D eigenvalue weighted by Crippen LogP contribution is 2.25. The average molecular weight is 406 g/mol. The summed E-state index contributed by atoms with van der Waals surface area (Å²) < 4.78 is 0.652. The normalized spacial score (nSPS) is 14.6. The van der Waals surface area contributed by atoms with Crippen molar-refractivity contribution in [1.82, 2.24) is 15.5 Å². The molecule has 0 atom stereocenters. The lowest BCUT2D eigenvalue weighted by Crippen LogP contribution is -2.37. The molecule has 7 nitrogen and oxygen atoms in total. The summed E-state index contributed by atoms with van der Waals surface area (Å²) in [6.07, 6.45) is 5.78. The Bertz CT molecular complexity index is 772. The zero-order valence-electron chi connectivity index (χ0n) is 15.2. The number of nitrogens with one attached hydrogen (secondary N) is 3. The minimum absolute atomic E-state index is 0.0220. The first-order chi connectivity index (χ1) is 13.1. The molecule has 3 rings (SSSR count). The zero-order chi connectivity index (χ0) is 19.1. The lowest BCUT2D eigenvalue weighted by atomic mass is 9.95. The monoisotopic (exact) mass is 405 g/mol. The van der Waals surface area contributed by atoms with E-state index in [1.54, 1.807) is 0 Å². The maximum absolute atomic E-state index is 12.0. The SMILES string of the molecule is Cc1ccc(NC(=O)Nc2nnc(SCC(=O)NC3CCCCC3)s2)cc1. The van der Waals surface area contributed by atoms with Crippen molar-refractivity contribution < 1.29 is 9.59 Å². The molecule has 1 aliphatic carbocycles. The molecule has 27 heavy (non-hydrogen) atoms. The van der Waals surface area contributed by atoms with E-state index < -0.39 is 0 Å². The highest BCUT2D eigenvalue weighted by Gasteiger charge is 2.16. The number of anilines is 2. The summed E-state index contributed by atoms with van der Waals surface area (Å²) in [5.74, 6) is 0.328. The van der Waals surface area contributed by atoms with Crippen LogP contribution in [0.3, 0.4) is 0 Å². The number of hydrogen-bond acceptors (Lipinski definition) is 6. The number of aromatic nitrogens is 2. The summed E-state index contributed by atoms with van der Waals surface area (Å²) in [5.41, 5.74) is 1.83. The molecule has 1 fully saturated rings. The Hall–Kier alpha value is -2.13. The third-order valence-electron chi connectivity index (χ3n) is 4.23. The van der Waals surface area contributed by atoms with Gasteiger partial charge in [0.15, 0.2) is 4.34 Å². The van der Waals surface area contributed by atoms with Crippen molar-refractivity contribution in [3.8, 4) is 0 Å². The van der Waals surface area contributed by atoms with Crippen molar-refractivity contribution in [2.75, 3.05) is 16.4 Å². The quantitative estimate of drug-likeness (QED) is 0.498. The van der Waals surface area contributed by atoms with E-state index in [0.717, 1.165) is 18.4 Å². The van der Waals surface area contributed by atoms with Gasteiger partial charge in [-0.3, -0.25) is 10.1 Å². The molecule has 1 aromatic carbocycles. The van der Waals surface area contributed by atoms with Gasteiger partial charge in [0.25, 0.3) is 0 Å². The lowest BCUT2D eigenvalue weighted by molar-refractivity contribution is -0.119. The second kappa shape index (κ2) is 9.70. The van der Waals surface area contributed by atoms with Gasteiger partial charge in [-0.15, -0.1) is 10.2 Å². The van der Waals surface area contributed by atoms with Gasteiger partial charge in [0, 0.05) is 11.7 Å². The molecule has 9 heteroatoms. The molecule has 0 aliphatic heterocycles. The van der Waals surface area contributed by atoms with Crippen molar-refractivity contribution in [2.45, 2.75) is 49.4 Å². The standard InChI is InChI=1S/C18H23N5O2S2/c1-12-7-9-14(10-8-12)20-16(25)21-17-22-23-18(27-17)26-11-15(24)19-13-5-3-2-4-6-13/h7-10,13H,2-6,11H2,1H3,(H,19,24)(H2,20,21,22,25). The van der Waals surface area contributed by atoms with Crippen LogP contribution in [0.2, 0.25) is 0 Å². The number of thioether (sulfide) groups is 1. The first-order valence-electron chi connectivity index (χ1n) is 8.99. The Morgan fingerprint density at radius 1 is 1.11 bits per heavy atom. The number of carbonyl (C=O) groups excluding carboxylic acids is 2. The second-order valence-corrected chi connectivity index (χ2v) is 8.71. The number of benzene rings is 1. The van der Waals surface area contributed by atoms with E-state index in [4.69, 9.17) is 0 Å². The van der Waals surface area contributed by atoms with E-state index >= 15 is 0 Å². The number of nitrogens with zero attached hydrogens (tertiary/aromatic N) is 2. The molecule has 1 aromatic heterocycles. The van der Waals surface area contributed by atoms with Gasteiger partial charge >= 0.3 is 6.03 Å². The predicted octanol–water partition coefficient (Wildman–Crippen LogP) is 4.03. The fraction of sp³-hybridized carbons (Fsp3) is 0.444. The maximum atomic E-state index is 12.0. The van der Waals surface area contributed by atoms with Crippen molar-refractivity contribution in [3.05, 3.63) is 29.8 Å². The van der Waals surface area contributed by atoms with Gasteiger partial charge in [0.2, 0.25) is 11.0 Å². The molecule has 0 radical (unpaired) electrons. The van der Waals surface area contributed by atoms with Crippen LogP contribution in [0.5, 0.6) is 0 Å². The van der Waals surface area contributed by atoms with Crippen LogP contribution in [0.4, 0.5) is 15.6 Å². The molecule has 3 N–H and O–H groups in total. The Balaban J connectivity index is 1.41. The van der Waals surface area contributed by atoms with Crippen LogP contribution in [0.25, 0.3) is 0 Å². The van der Waals surface area contributed by atoms with Crippen LogP contribution >= 0.6 is 23.1 Å². The molecule has 0 bridgehead atoms. The van der Waals surface area contributed by atoms with Crippen LogP contribution in [-0.2, 0) is 4.79 Å². The topological polar surface area (TPSA) is 96.0 Å². The van der Waals surface area contributed by atoms with Gasteiger partial charge in [0.05, 0.1) is 5.75 Å². The number of rotatable bonds is 6. The minimum atomic E-state index is -0.374. The molecular weight excluding hydrogens is 382 g/mol. The van der Waals surface area contributed by atoms with Crippen LogP contribution in [0.1, 0.15) is 37.7 Å². The van der Waals surface area contributed by atoms with Gasteiger partial charge < -0.3 is 10.6 Å². The largest absolute Gasteiger partial charge is 0.353 e. The van der Waals surface area contributed by atoms with E-state index in [9.17, 15) is 9.59 Å². The molecule has 0 saturated heterocycles. The smallest absolute Gasteiger partial charge is 0.325 e. The van der Waals surface area contributed by atoms with Crippen LogP contribution < -0.4 is 16.0 Å². The fourth-order valence-electron chi connectivity index (χ4n) is 2.86. The van der Waals surface area contributed by atoms with E-state index in [1.807, 2.05) is 31.2 Å². The molecule has 1 heterocycles. The summed E-state index contributed by atoms with van der Waals surface area (Å²) in [7, 11) is 0. The van der Waals surface area contributed by atoms with Gasteiger partial charge in [-0.05, 0) is 31.9 Å². The maximum Gasteiger partial charge on any atom is 0.325 e. The third kappa shape index (κ3) is 6.51. The minimum Gasteiger partial charge on any atom is -0.353 e. The zero-order valence-corrected chi connectivity index (χ0v) is 16.8. The lowest BCUT2D eigenvalue weighted by Gasteiger charge is -2.22. The summed E-state index contributed by atoms with van der Waals surface area (Å²) in [5, 5.41) is 16.8. The van der Waals surface area contributed by atoms with Gasteiger partial charge in [-0.1, -0.05) is 60.1 Å². The molecule has 2 aromatic rings. The first-order valence-corrected chi connectivity index (χ1v) is 10.8. The van der Waals surface area contributed by atoms with Crippen molar-refractivity contribution >= 4 is 45.9 Å². The Morgan fingerprint density at radius 3 is 2.59 bits per heavy atom. The number of amides is 3. The molecule has 1 aliphatic rings. The predicted molar refractivity (Wildman–Crippen MR) is 109 cm³/mol. The number of aryl methyl sites for hydroxylation is 1. The van der Waals surface area contributed by atoms with Gasteiger partial charge in [-0.25, -0.2) is 4.79 Å². The second-order valence-electron chi connectivity index (χ2n) is 6.51. The van der Waals surface area contributed by atoms with Crippen molar-refractivity contribution in [2.24, 2.45) is 0 Å². The fourth-order valence-corrected chi connectivity index (χ4v) is 4.42. The molecule has 1 saturated carbocycles.